The van der Waals surface area contributed by atoms with Gasteiger partial charge in [-0.2, -0.15) is 0 Å². The van der Waals surface area contributed by atoms with Gasteiger partial charge < -0.3 is 27.9 Å². The highest BCUT2D eigenvalue weighted by atomic mass is 31.2. The predicted octanol–water partition coefficient (Wildman–Crippen LogP) is 11.1. The smallest absolute Gasteiger partial charge is 0.306 e. The van der Waals surface area contributed by atoms with Crippen LogP contribution in [0.5, 0.6) is 0 Å². The standard InChI is InChI=1S/C40H82NO7P/c1-6-8-10-12-14-16-18-19-20-21-22-23-25-27-29-31-33-40(42)48-39(38-47-49(43,44)46-36-34-41(3,4)5)37-45-35-32-30-28-26-24-17-15-13-11-9-7-2/h39H,6-38H2,1-5H3. The molecule has 0 heterocycles. The summed E-state index contributed by atoms with van der Waals surface area (Å²) in [5.41, 5.74) is 0. The molecule has 0 fully saturated rings. The molecule has 8 nitrogen and oxygen atoms in total. The Balaban J connectivity index is 4.20. The second kappa shape index (κ2) is 34.6. The van der Waals surface area contributed by atoms with E-state index in [1.165, 1.54) is 141 Å². The van der Waals surface area contributed by atoms with Gasteiger partial charge in [-0.1, -0.05) is 174 Å². The zero-order chi connectivity index (χ0) is 36.3. The number of hydrogen-bond acceptors (Lipinski definition) is 7. The van der Waals surface area contributed by atoms with Crippen molar-refractivity contribution in [1.29, 1.82) is 0 Å². The summed E-state index contributed by atoms with van der Waals surface area (Å²) in [5, 5.41) is 0. The Morgan fingerprint density at radius 3 is 1.35 bits per heavy atom. The normalized spacial score (nSPS) is 13.8. The van der Waals surface area contributed by atoms with Crippen LogP contribution in [0, 0.1) is 0 Å². The molecule has 0 saturated heterocycles. The van der Waals surface area contributed by atoms with Gasteiger partial charge in [0.25, 0.3) is 7.82 Å². The number of hydrogen-bond donors (Lipinski definition) is 0. The number of carbonyl (C=O) groups is 1. The van der Waals surface area contributed by atoms with E-state index in [9.17, 15) is 14.3 Å². The first-order chi connectivity index (χ1) is 23.6. The fraction of sp³-hybridized carbons (Fsp3) is 0.975. The molecule has 2 unspecified atom stereocenters. The number of ether oxygens (including phenoxy) is 2. The van der Waals surface area contributed by atoms with Gasteiger partial charge in [-0.3, -0.25) is 9.36 Å². The minimum Gasteiger partial charge on any atom is -0.756 e. The molecular formula is C40H82NO7P. The van der Waals surface area contributed by atoms with Crippen molar-refractivity contribution in [2.75, 3.05) is 54.1 Å². The quantitative estimate of drug-likeness (QED) is 0.0270. The van der Waals surface area contributed by atoms with Crippen molar-refractivity contribution >= 4 is 13.8 Å². The van der Waals surface area contributed by atoms with Crippen molar-refractivity contribution in [2.45, 2.75) is 200 Å². The predicted molar refractivity (Wildman–Crippen MR) is 204 cm³/mol. The molecule has 0 saturated carbocycles. The van der Waals surface area contributed by atoms with E-state index in [0.29, 0.717) is 24.1 Å². The second-order valence-electron chi connectivity index (χ2n) is 15.4. The van der Waals surface area contributed by atoms with Gasteiger partial charge in [-0.15, -0.1) is 0 Å². The van der Waals surface area contributed by atoms with Crippen molar-refractivity contribution < 1.29 is 37.3 Å². The van der Waals surface area contributed by atoms with E-state index in [-0.39, 0.29) is 25.8 Å². The molecular weight excluding hydrogens is 637 g/mol. The van der Waals surface area contributed by atoms with Gasteiger partial charge in [-0.05, 0) is 12.8 Å². The lowest BCUT2D eigenvalue weighted by atomic mass is 10.0. The van der Waals surface area contributed by atoms with Crippen LogP contribution < -0.4 is 4.89 Å². The molecule has 0 aromatic rings. The summed E-state index contributed by atoms with van der Waals surface area (Å²) in [6.07, 6.45) is 33.9. The monoisotopic (exact) mass is 720 g/mol. The first-order valence-electron chi connectivity index (χ1n) is 20.8. The minimum atomic E-state index is -4.51. The molecule has 0 aliphatic heterocycles. The van der Waals surface area contributed by atoms with E-state index in [1.807, 2.05) is 21.1 Å². The van der Waals surface area contributed by atoms with Crippen LogP contribution in [-0.4, -0.2) is 70.7 Å². The van der Waals surface area contributed by atoms with Crippen LogP contribution in [0.15, 0.2) is 0 Å². The van der Waals surface area contributed by atoms with Crippen molar-refractivity contribution in [3.05, 3.63) is 0 Å². The van der Waals surface area contributed by atoms with Gasteiger partial charge >= 0.3 is 5.97 Å². The topological polar surface area (TPSA) is 94.1 Å². The lowest BCUT2D eigenvalue weighted by molar-refractivity contribution is -0.870. The molecule has 0 rings (SSSR count). The second-order valence-corrected chi connectivity index (χ2v) is 16.8. The highest BCUT2D eigenvalue weighted by Crippen LogP contribution is 2.38. The van der Waals surface area contributed by atoms with E-state index in [0.717, 1.165) is 32.1 Å². The molecule has 2 atom stereocenters. The summed E-state index contributed by atoms with van der Waals surface area (Å²) >= 11 is 0. The number of phosphoric ester groups is 1. The number of rotatable bonds is 39. The summed E-state index contributed by atoms with van der Waals surface area (Å²) in [4.78, 5) is 25.0. The number of unbranched alkanes of at least 4 members (excludes halogenated alkanes) is 25. The Kier molecular flexibility index (Phi) is 34.2. The van der Waals surface area contributed by atoms with Gasteiger partial charge in [-0.25, -0.2) is 0 Å². The van der Waals surface area contributed by atoms with Crippen LogP contribution in [0.4, 0.5) is 0 Å². The van der Waals surface area contributed by atoms with Gasteiger partial charge in [0, 0.05) is 13.0 Å². The molecule has 0 aliphatic rings. The summed E-state index contributed by atoms with van der Waals surface area (Å²) in [6, 6.07) is 0. The van der Waals surface area contributed by atoms with E-state index >= 15 is 0 Å². The van der Waals surface area contributed by atoms with Crippen LogP contribution >= 0.6 is 7.82 Å². The summed E-state index contributed by atoms with van der Waals surface area (Å²) in [6.45, 7) is 5.45. The Hall–Kier alpha value is -0.500. The number of likely N-dealkylation sites (N-methyl/N-ethyl adjacent to an activating group) is 1. The molecule has 0 N–H and O–H groups in total. The average molecular weight is 720 g/mol. The summed E-state index contributed by atoms with van der Waals surface area (Å²) < 4.78 is 34.5. The largest absolute Gasteiger partial charge is 0.756 e. The Morgan fingerprint density at radius 2 is 0.939 bits per heavy atom. The van der Waals surface area contributed by atoms with Crippen molar-refractivity contribution in [2.24, 2.45) is 0 Å². The lowest BCUT2D eigenvalue weighted by Gasteiger charge is -2.28. The van der Waals surface area contributed by atoms with Crippen LogP contribution in [0.25, 0.3) is 0 Å². The van der Waals surface area contributed by atoms with Crippen LogP contribution in [0.2, 0.25) is 0 Å². The van der Waals surface area contributed by atoms with Crippen molar-refractivity contribution in [3.8, 4) is 0 Å². The third-order valence-corrected chi connectivity index (χ3v) is 10.1. The first-order valence-corrected chi connectivity index (χ1v) is 22.2. The Labute approximate surface area is 304 Å². The number of carbonyl (C=O) groups excluding carboxylic acids is 1. The number of nitrogens with zero attached hydrogens (tertiary/aromatic N) is 1. The molecule has 0 aromatic heterocycles. The maximum absolute atomic E-state index is 12.6. The first kappa shape index (κ1) is 48.5. The molecule has 0 radical (unpaired) electrons. The average Bonchev–Trinajstić information content (AvgIpc) is 3.04. The third-order valence-electron chi connectivity index (χ3n) is 9.16. The van der Waals surface area contributed by atoms with Gasteiger partial charge in [0.2, 0.25) is 0 Å². The van der Waals surface area contributed by atoms with E-state index in [4.69, 9.17) is 18.5 Å². The maximum atomic E-state index is 12.6. The Bertz CT molecular complexity index is 761. The molecule has 0 bridgehead atoms. The summed E-state index contributed by atoms with van der Waals surface area (Å²) in [7, 11) is 1.37. The van der Waals surface area contributed by atoms with Crippen LogP contribution in [0.3, 0.4) is 0 Å². The molecule has 0 spiro atoms. The van der Waals surface area contributed by atoms with Gasteiger partial charge in [0.1, 0.15) is 19.3 Å². The minimum absolute atomic E-state index is 0.0311. The van der Waals surface area contributed by atoms with Crippen molar-refractivity contribution in [3.63, 3.8) is 0 Å². The van der Waals surface area contributed by atoms with Crippen LogP contribution in [0.1, 0.15) is 194 Å². The molecule has 294 valence electrons. The SMILES string of the molecule is CCCCCCCCCCCCCCCCCCC(=O)OC(COCCCCCCCCCCCCC)COP(=O)([O-])OCC[N+](C)(C)C. The number of quaternary nitrogens is 1. The highest BCUT2D eigenvalue weighted by Gasteiger charge is 2.20. The fourth-order valence-corrected chi connectivity index (χ4v) is 6.63. The number of esters is 1. The van der Waals surface area contributed by atoms with Crippen molar-refractivity contribution in [1.82, 2.24) is 0 Å². The fourth-order valence-electron chi connectivity index (χ4n) is 5.90. The molecule has 49 heavy (non-hydrogen) atoms. The van der Waals surface area contributed by atoms with Gasteiger partial charge in [0.05, 0.1) is 34.4 Å². The summed E-state index contributed by atoms with van der Waals surface area (Å²) in [5.74, 6) is -0.330. The van der Waals surface area contributed by atoms with E-state index < -0.39 is 13.9 Å². The molecule has 9 heteroatoms. The molecule has 0 amide bonds. The highest BCUT2D eigenvalue weighted by molar-refractivity contribution is 7.45. The van der Waals surface area contributed by atoms with Crippen LogP contribution in [-0.2, 0) is 27.9 Å². The van der Waals surface area contributed by atoms with Gasteiger partial charge in [0.15, 0.2) is 0 Å². The zero-order valence-electron chi connectivity index (χ0n) is 33.2. The Morgan fingerprint density at radius 1 is 0.551 bits per heavy atom. The zero-order valence-corrected chi connectivity index (χ0v) is 34.1. The molecule has 0 aromatic carbocycles. The molecule has 0 aliphatic carbocycles. The van der Waals surface area contributed by atoms with E-state index in [1.54, 1.807) is 0 Å². The maximum Gasteiger partial charge on any atom is 0.306 e. The number of phosphoric acid groups is 1. The lowest BCUT2D eigenvalue weighted by Crippen LogP contribution is -2.37. The van der Waals surface area contributed by atoms with E-state index in [2.05, 4.69) is 13.8 Å². The third kappa shape index (κ3) is 38.6.